The second kappa shape index (κ2) is 11.8. The maximum Gasteiger partial charge on any atom is 0.256 e. The van der Waals surface area contributed by atoms with Crippen LogP contribution < -0.4 is 20.7 Å². The smallest absolute Gasteiger partial charge is 0.256 e. The first kappa shape index (κ1) is 25.4. The Morgan fingerprint density at radius 2 is 2.20 bits per heavy atom. The Morgan fingerprint density at radius 3 is 3.00 bits per heavy atom. The molecule has 2 atom stereocenters. The molecule has 1 fully saturated rings. The number of hydrogen-bond acceptors (Lipinski definition) is 7. The van der Waals surface area contributed by atoms with Gasteiger partial charge in [0.1, 0.15) is 23.4 Å². The lowest BCUT2D eigenvalue weighted by atomic mass is 9.97. The van der Waals surface area contributed by atoms with Crippen LogP contribution in [0.5, 0.6) is 5.75 Å². The normalized spacial score (nSPS) is 20.3. The second-order valence-corrected chi connectivity index (χ2v) is 9.30. The number of carbonyl (C=O) groups is 1. The highest BCUT2D eigenvalue weighted by Crippen LogP contribution is 2.26. The van der Waals surface area contributed by atoms with Gasteiger partial charge in [0.05, 0.1) is 31.6 Å². The fraction of sp³-hybridized carbons (Fsp3) is 0.400. The van der Waals surface area contributed by atoms with Gasteiger partial charge in [0.15, 0.2) is 0 Å². The number of amides is 1. The average Bonchev–Trinajstić information content (AvgIpc) is 2.87. The van der Waals surface area contributed by atoms with Gasteiger partial charge in [-0.1, -0.05) is 36.8 Å². The van der Waals surface area contributed by atoms with Gasteiger partial charge in [0, 0.05) is 47.2 Å². The van der Waals surface area contributed by atoms with Gasteiger partial charge >= 0.3 is 0 Å². The first-order valence-electron chi connectivity index (χ1n) is 11.5. The molecule has 1 aromatic carbocycles. The predicted octanol–water partition coefficient (Wildman–Crippen LogP) is 3.39. The number of halogens is 1. The van der Waals surface area contributed by atoms with Gasteiger partial charge in [-0.2, -0.15) is 0 Å². The van der Waals surface area contributed by atoms with E-state index >= 15 is 0 Å². The SMILES string of the molecule is Cc1c(Cl)cccc1NC(=S)C1=C(NCc2ccncc2OCC2COCCO2)C(C)CNC1=O. The quantitative estimate of drug-likeness (QED) is 0.460. The Hall–Kier alpha value is -2.72. The van der Waals surface area contributed by atoms with Crippen molar-refractivity contribution in [1.29, 1.82) is 0 Å². The molecule has 3 heterocycles. The Balaban J connectivity index is 1.51. The lowest BCUT2D eigenvalue weighted by Gasteiger charge is -2.28. The number of nitrogens with one attached hydrogen (secondary N) is 3. The highest BCUT2D eigenvalue weighted by atomic mass is 35.5. The molecule has 0 saturated carbocycles. The summed E-state index contributed by atoms with van der Waals surface area (Å²) in [7, 11) is 0. The molecule has 2 aromatic rings. The van der Waals surface area contributed by atoms with Crippen LogP contribution in [0.2, 0.25) is 5.02 Å². The summed E-state index contributed by atoms with van der Waals surface area (Å²) in [6, 6.07) is 7.43. The molecule has 3 N–H and O–H groups in total. The first-order chi connectivity index (χ1) is 16.9. The number of carbonyl (C=O) groups excluding carboxylic acids is 1. The van der Waals surface area contributed by atoms with Crippen LogP contribution in [0.25, 0.3) is 0 Å². The van der Waals surface area contributed by atoms with Crippen LogP contribution in [0, 0.1) is 12.8 Å². The topological polar surface area (TPSA) is 93.7 Å². The number of thiocarbonyl (C=S) groups is 1. The first-order valence-corrected chi connectivity index (χ1v) is 12.3. The number of pyridine rings is 1. The lowest BCUT2D eigenvalue weighted by molar-refractivity contribution is -0.117. The summed E-state index contributed by atoms with van der Waals surface area (Å²) in [6.45, 7) is 6.95. The van der Waals surface area contributed by atoms with Crippen LogP contribution in [0.15, 0.2) is 47.9 Å². The molecular weight excluding hydrogens is 488 g/mol. The van der Waals surface area contributed by atoms with Crippen LogP contribution in [0.4, 0.5) is 5.69 Å². The van der Waals surface area contributed by atoms with Crippen molar-refractivity contribution >= 4 is 40.4 Å². The lowest BCUT2D eigenvalue weighted by Crippen LogP contribution is -2.43. The standard InChI is InChI=1S/C25H29ClN4O4S/c1-15-10-29-24(31)22(25(35)30-20-5-3-4-19(26)16(20)2)23(15)28-11-17-6-7-27-12-21(17)34-14-18-13-32-8-9-33-18/h3-7,12,15,18,28H,8-11,13-14H2,1-2H3,(H,29,31)(H,30,35). The van der Waals surface area contributed by atoms with Gasteiger partial charge in [0.25, 0.3) is 5.91 Å². The Morgan fingerprint density at radius 1 is 1.34 bits per heavy atom. The van der Waals surface area contributed by atoms with Crippen LogP contribution in [0.3, 0.4) is 0 Å². The van der Waals surface area contributed by atoms with E-state index in [-0.39, 0.29) is 17.9 Å². The largest absolute Gasteiger partial charge is 0.489 e. The molecule has 0 bridgehead atoms. The van der Waals surface area contributed by atoms with Gasteiger partial charge in [-0.05, 0) is 30.7 Å². The van der Waals surface area contributed by atoms with Crippen molar-refractivity contribution in [1.82, 2.24) is 15.6 Å². The molecule has 2 aliphatic rings. The maximum absolute atomic E-state index is 12.9. The van der Waals surface area contributed by atoms with E-state index < -0.39 is 0 Å². The van der Waals surface area contributed by atoms with Gasteiger partial charge in [-0.25, -0.2) is 0 Å². The Kier molecular flexibility index (Phi) is 8.56. The monoisotopic (exact) mass is 516 g/mol. The third-order valence-electron chi connectivity index (χ3n) is 5.95. The summed E-state index contributed by atoms with van der Waals surface area (Å²) in [4.78, 5) is 17.4. The number of benzene rings is 1. The maximum atomic E-state index is 12.9. The van der Waals surface area contributed by atoms with Gasteiger partial charge in [0.2, 0.25) is 0 Å². The molecule has 1 amide bonds. The van der Waals surface area contributed by atoms with Crippen LogP contribution in [0.1, 0.15) is 18.1 Å². The van der Waals surface area contributed by atoms with Crippen molar-refractivity contribution in [3.05, 3.63) is 64.1 Å². The van der Waals surface area contributed by atoms with Crippen molar-refractivity contribution < 1.29 is 19.0 Å². The highest BCUT2D eigenvalue weighted by molar-refractivity contribution is 7.81. The fourth-order valence-electron chi connectivity index (χ4n) is 3.91. The summed E-state index contributed by atoms with van der Waals surface area (Å²) in [5.41, 5.74) is 3.73. The molecule has 1 aromatic heterocycles. The number of nitrogens with zero attached hydrogens (tertiary/aromatic N) is 1. The minimum Gasteiger partial charge on any atom is -0.489 e. The zero-order valence-electron chi connectivity index (χ0n) is 19.7. The van der Waals surface area contributed by atoms with E-state index in [4.69, 9.17) is 38.0 Å². The molecule has 2 aliphatic heterocycles. The summed E-state index contributed by atoms with van der Waals surface area (Å²) < 4.78 is 17.1. The van der Waals surface area contributed by atoms with E-state index in [1.165, 1.54) is 0 Å². The zero-order chi connectivity index (χ0) is 24.8. The molecule has 8 nitrogen and oxygen atoms in total. The third kappa shape index (κ3) is 6.29. The van der Waals surface area contributed by atoms with E-state index in [0.29, 0.717) is 60.9 Å². The molecule has 1 saturated heterocycles. The summed E-state index contributed by atoms with van der Waals surface area (Å²) in [5, 5.41) is 10.2. The van der Waals surface area contributed by atoms with Crippen molar-refractivity contribution in [2.24, 2.45) is 5.92 Å². The Bertz CT molecular complexity index is 1120. The van der Waals surface area contributed by atoms with Crippen LogP contribution in [-0.4, -0.2) is 55.0 Å². The molecule has 0 aliphatic carbocycles. The molecule has 4 rings (SSSR count). The van der Waals surface area contributed by atoms with E-state index in [0.717, 1.165) is 22.5 Å². The van der Waals surface area contributed by atoms with Gasteiger partial charge in [-0.15, -0.1) is 0 Å². The average molecular weight is 517 g/mol. The third-order valence-corrected chi connectivity index (χ3v) is 6.67. The molecule has 35 heavy (non-hydrogen) atoms. The van der Waals surface area contributed by atoms with Crippen molar-refractivity contribution in [2.45, 2.75) is 26.5 Å². The van der Waals surface area contributed by atoms with Crippen molar-refractivity contribution in [3.8, 4) is 5.75 Å². The van der Waals surface area contributed by atoms with Crippen LogP contribution in [-0.2, 0) is 20.8 Å². The van der Waals surface area contributed by atoms with Gasteiger partial charge in [-0.3, -0.25) is 9.78 Å². The highest BCUT2D eigenvalue weighted by Gasteiger charge is 2.29. The molecule has 10 heteroatoms. The minimum atomic E-state index is -0.219. The fourth-order valence-corrected chi connectivity index (χ4v) is 4.40. The van der Waals surface area contributed by atoms with Crippen LogP contribution >= 0.6 is 23.8 Å². The number of ether oxygens (including phenoxy) is 3. The molecule has 2 unspecified atom stereocenters. The van der Waals surface area contributed by atoms with Crippen molar-refractivity contribution in [2.75, 3.05) is 38.3 Å². The van der Waals surface area contributed by atoms with E-state index in [9.17, 15) is 4.79 Å². The number of rotatable bonds is 8. The summed E-state index contributed by atoms with van der Waals surface area (Å²) in [5.74, 6) is 0.477. The number of hydrogen-bond donors (Lipinski definition) is 3. The van der Waals surface area contributed by atoms with Crippen molar-refractivity contribution in [3.63, 3.8) is 0 Å². The molecule has 186 valence electrons. The van der Waals surface area contributed by atoms with E-state index in [2.05, 4.69) is 20.9 Å². The zero-order valence-corrected chi connectivity index (χ0v) is 21.3. The minimum absolute atomic E-state index is 0.0434. The molecular formula is C25H29ClN4O4S. The molecule has 0 spiro atoms. The summed E-state index contributed by atoms with van der Waals surface area (Å²) in [6.07, 6.45) is 3.28. The van der Waals surface area contributed by atoms with Gasteiger partial charge < -0.3 is 30.2 Å². The number of anilines is 1. The Labute approximate surface area is 215 Å². The second-order valence-electron chi connectivity index (χ2n) is 8.48. The summed E-state index contributed by atoms with van der Waals surface area (Å²) >= 11 is 11.9. The number of aromatic nitrogens is 1. The van der Waals surface area contributed by atoms with E-state index in [1.54, 1.807) is 12.4 Å². The van der Waals surface area contributed by atoms with E-state index in [1.807, 2.05) is 38.1 Å². The predicted molar refractivity (Wildman–Crippen MR) is 139 cm³/mol. The molecule has 0 radical (unpaired) electrons.